The van der Waals surface area contributed by atoms with E-state index in [1.54, 1.807) is 18.2 Å². The maximum atomic E-state index is 12.7. The van der Waals surface area contributed by atoms with E-state index in [4.69, 9.17) is 19.6 Å². The Morgan fingerprint density at radius 1 is 1.00 bits per heavy atom. The third-order valence-corrected chi connectivity index (χ3v) is 6.72. The molecule has 9 heteroatoms. The summed E-state index contributed by atoms with van der Waals surface area (Å²) in [6.07, 6.45) is 4.51. The average Bonchev–Trinajstić information content (AvgIpc) is 3.28. The molecule has 0 saturated carbocycles. The molecule has 1 N–H and O–H groups in total. The highest BCUT2D eigenvalue weighted by Crippen LogP contribution is 2.32. The molecule has 0 atom stereocenters. The summed E-state index contributed by atoms with van der Waals surface area (Å²) in [5.41, 5.74) is 3.17. The molecule has 4 rings (SSSR count). The normalized spacial score (nSPS) is 16.0. The van der Waals surface area contributed by atoms with Crippen LogP contribution in [0.1, 0.15) is 49.8 Å². The van der Waals surface area contributed by atoms with Crippen LogP contribution in [0.2, 0.25) is 0 Å². The number of carbonyl (C=O) groups excluding carboxylic acids is 1. The van der Waals surface area contributed by atoms with Crippen LogP contribution in [-0.4, -0.2) is 46.8 Å². The lowest BCUT2D eigenvalue weighted by atomic mass is 10.1. The number of nitrogens with zero attached hydrogens (tertiary/aromatic N) is 3. The van der Waals surface area contributed by atoms with Gasteiger partial charge in [-0.05, 0) is 80.8 Å². The molecule has 194 valence electrons. The summed E-state index contributed by atoms with van der Waals surface area (Å²) >= 11 is 1.36. The van der Waals surface area contributed by atoms with Gasteiger partial charge in [-0.25, -0.2) is 0 Å². The topological polar surface area (TPSA) is 96.6 Å². The molecule has 2 heterocycles. The maximum Gasteiger partial charge on any atom is 0.283 e. The molecular weight excluding hydrogens is 488 g/mol. The quantitative estimate of drug-likeness (QED) is 0.290. The van der Waals surface area contributed by atoms with Gasteiger partial charge in [0, 0.05) is 0 Å². The van der Waals surface area contributed by atoms with Crippen molar-refractivity contribution in [3.63, 3.8) is 0 Å². The number of amides is 1. The van der Waals surface area contributed by atoms with Gasteiger partial charge in [0.1, 0.15) is 24.0 Å². The summed E-state index contributed by atoms with van der Waals surface area (Å²) in [7, 11) is 0. The van der Waals surface area contributed by atoms with Gasteiger partial charge < -0.3 is 14.2 Å². The van der Waals surface area contributed by atoms with Gasteiger partial charge in [-0.15, -0.1) is 0 Å². The zero-order chi connectivity index (χ0) is 26.4. The van der Waals surface area contributed by atoms with E-state index in [-0.39, 0.29) is 11.4 Å². The highest BCUT2D eigenvalue weighted by molar-refractivity contribution is 8.26. The molecule has 1 amide bonds. The van der Waals surface area contributed by atoms with E-state index in [0.717, 1.165) is 35.6 Å². The fourth-order valence-corrected chi connectivity index (χ4v) is 4.82. The van der Waals surface area contributed by atoms with Crippen molar-refractivity contribution in [1.29, 1.82) is 5.41 Å². The van der Waals surface area contributed by atoms with E-state index in [2.05, 4.69) is 30.0 Å². The first-order valence-electron chi connectivity index (χ1n) is 12.5. The molecule has 2 aromatic rings. The second kappa shape index (κ2) is 12.1. The van der Waals surface area contributed by atoms with Gasteiger partial charge in [0.2, 0.25) is 5.17 Å². The molecule has 2 aliphatic heterocycles. The van der Waals surface area contributed by atoms with Crippen molar-refractivity contribution >= 4 is 39.8 Å². The Morgan fingerprint density at radius 3 is 2.49 bits per heavy atom. The monoisotopic (exact) mass is 520 g/mol. The van der Waals surface area contributed by atoms with Crippen LogP contribution in [0.3, 0.4) is 0 Å². The lowest BCUT2D eigenvalue weighted by molar-refractivity contribution is -0.114. The number of nitrogens with one attached hydrogen (secondary N) is 1. The maximum absolute atomic E-state index is 12.7. The third-order valence-electron chi connectivity index (χ3n) is 5.75. The zero-order valence-corrected chi connectivity index (χ0v) is 22.5. The van der Waals surface area contributed by atoms with E-state index in [0.29, 0.717) is 42.1 Å². The summed E-state index contributed by atoms with van der Waals surface area (Å²) in [6, 6.07) is 11.5. The van der Waals surface area contributed by atoms with E-state index in [1.807, 2.05) is 32.0 Å². The molecule has 0 bridgehead atoms. The summed E-state index contributed by atoms with van der Waals surface area (Å²) in [5.74, 6) is 1.55. The van der Waals surface area contributed by atoms with Gasteiger partial charge in [0.25, 0.3) is 5.91 Å². The van der Waals surface area contributed by atoms with Gasteiger partial charge in [-0.3, -0.25) is 10.2 Å². The summed E-state index contributed by atoms with van der Waals surface area (Å²) in [5, 5.41) is 15.8. The highest BCUT2D eigenvalue weighted by Gasteiger charge is 2.35. The molecule has 0 radical (unpaired) electrons. The number of aryl methyl sites for hydroxylation is 2. The van der Waals surface area contributed by atoms with Crippen LogP contribution in [0.5, 0.6) is 17.2 Å². The van der Waals surface area contributed by atoms with E-state index >= 15 is 0 Å². The molecule has 0 spiro atoms. The highest BCUT2D eigenvalue weighted by atomic mass is 32.2. The van der Waals surface area contributed by atoms with Crippen LogP contribution < -0.4 is 14.2 Å². The summed E-state index contributed by atoms with van der Waals surface area (Å²) in [4.78, 5) is 16.9. The number of carbonyl (C=O) groups is 1. The fourth-order valence-electron chi connectivity index (χ4n) is 3.89. The molecule has 2 aromatic carbocycles. The Labute approximate surface area is 221 Å². The van der Waals surface area contributed by atoms with Gasteiger partial charge in [0.15, 0.2) is 17.3 Å². The van der Waals surface area contributed by atoms with Crippen molar-refractivity contribution in [2.45, 2.75) is 47.0 Å². The molecule has 0 aliphatic carbocycles. The second-order valence-corrected chi connectivity index (χ2v) is 9.76. The van der Waals surface area contributed by atoms with E-state index in [1.165, 1.54) is 22.3 Å². The number of ether oxygens (including phenoxy) is 3. The number of fused-ring (bicyclic) bond motifs is 1. The predicted octanol–water partition coefficient (Wildman–Crippen LogP) is 5.97. The van der Waals surface area contributed by atoms with E-state index in [9.17, 15) is 4.79 Å². The minimum Gasteiger partial charge on any atom is -0.490 e. The number of aliphatic imine (C=N–C) groups is 1. The SMILES string of the molecule is CCCCC1=NN2C(=N)C(=Cc3ccc(OCCOc4ccc(C)cc4C)c(OCC)c3)C(=O)N=C2S1. The Bertz CT molecular complexity index is 1280. The summed E-state index contributed by atoms with van der Waals surface area (Å²) in [6.45, 7) is 9.28. The lowest BCUT2D eigenvalue weighted by Gasteiger charge is -2.20. The molecule has 0 aromatic heterocycles. The first-order chi connectivity index (χ1) is 17.9. The van der Waals surface area contributed by atoms with E-state index < -0.39 is 5.91 Å². The molecule has 2 aliphatic rings. The lowest BCUT2D eigenvalue weighted by Crippen LogP contribution is -2.35. The Morgan fingerprint density at radius 2 is 1.76 bits per heavy atom. The Hall–Kier alpha value is -3.59. The van der Waals surface area contributed by atoms with Crippen LogP contribution in [0.15, 0.2) is 52.1 Å². The predicted molar refractivity (Wildman–Crippen MR) is 149 cm³/mol. The zero-order valence-electron chi connectivity index (χ0n) is 21.7. The van der Waals surface area contributed by atoms with Crippen LogP contribution in [0, 0.1) is 19.3 Å². The fraction of sp³-hybridized carbons (Fsp3) is 0.357. The van der Waals surface area contributed by atoms with Crippen molar-refractivity contribution in [1.82, 2.24) is 5.01 Å². The molecule has 37 heavy (non-hydrogen) atoms. The number of hydrogen-bond acceptors (Lipinski definition) is 7. The van der Waals surface area contributed by atoms with Gasteiger partial charge in [-0.2, -0.15) is 15.1 Å². The standard InChI is InChI=1S/C28H32N4O4S/c1-5-7-8-25-31-32-26(29)21(27(33)30-28(32)37-25)16-20-10-12-23(24(17-20)34-6-2)36-14-13-35-22-11-9-18(3)15-19(22)4/h9-12,15-17,29H,5-8,13-14H2,1-4H3. The van der Waals surface area contributed by atoms with Crippen LogP contribution in [-0.2, 0) is 4.79 Å². The Balaban J connectivity index is 1.45. The number of hydrazone groups is 1. The minimum absolute atomic E-state index is 0.0239. The average molecular weight is 521 g/mol. The number of benzene rings is 2. The van der Waals surface area contributed by atoms with Crippen molar-refractivity contribution in [3.8, 4) is 17.2 Å². The number of amidine groups is 2. The molecular formula is C28H32N4O4S. The van der Waals surface area contributed by atoms with Crippen molar-refractivity contribution in [2.24, 2.45) is 10.1 Å². The largest absolute Gasteiger partial charge is 0.490 e. The molecule has 0 unspecified atom stereocenters. The number of hydrogen-bond donors (Lipinski definition) is 1. The van der Waals surface area contributed by atoms with Crippen molar-refractivity contribution in [3.05, 3.63) is 58.7 Å². The van der Waals surface area contributed by atoms with Crippen LogP contribution in [0.4, 0.5) is 0 Å². The van der Waals surface area contributed by atoms with Gasteiger partial charge in [0.05, 0.1) is 12.2 Å². The van der Waals surface area contributed by atoms with Gasteiger partial charge >= 0.3 is 0 Å². The molecule has 0 saturated heterocycles. The van der Waals surface area contributed by atoms with Crippen LogP contribution >= 0.6 is 11.8 Å². The summed E-state index contributed by atoms with van der Waals surface area (Å²) < 4.78 is 17.6. The van der Waals surface area contributed by atoms with Crippen LogP contribution in [0.25, 0.3) is 6.08 Å². The van der Waals surface area contributed by atoms with Crippen molar-refractivity contribution in [2.75, 3.05) is 19.8 Å². The minimum atomic E-state index is -0.447. The molecule has 0 fully saturated rings. The first-order valence-corrected chi connectivity index (χ1v) is 13.3. The third kappa shape index (κ3) is 6.40. The number of thioether (sulfide) groups is 1. The second-order valence-electron chi connectivity index (χ2n) is 8.72. The van der Waals surface area contributed by atoms with Gasteiger partial charge in [-0.1, -0.05) is 37.1 Å². The first kappa shape index (κ1) is 26.5. The number of rotatable bonds is 11. The molecule has 8 nitrogen and oxygen atoms in total. The Kier molecular flexibility index (Phi) is 8.66. The smallest absolute Gasteiger partial charge is 0.283 e. The van der Waals surface area contributed by atoms with Crippen molar-refractivity contribution < 1.29 is 19.0 Å². The number of unbranched alkanes of at least 4 members (excludes halogenated alkanes) is 1.